The van der Waals surface area contributed by atoms with E-state index >= 15 is 0 Å². The maximum absolute atomic E-state index is 12.7. The third-order valence-corrected chi connectivity index (χ3v) is 6.00. The van der Waals surface area contributed by atoms with Gasteiger partial charge in [0.25, 0.3) is 5.91 Å². The monoisotopic (exact) mass is 367 g/mol. The van der Waals surface area contributed by atoms with Gasteiger partial charge in [0.05, 0.1) is 17.8 Å². The van der Waals surface area contributed by atoms with E-state index in [9.17, 15) is 4.79 Å². The molecule has 3 heterocycles. The number of rotatable bonds is 5. The van der Waals surface area contributed by atoms with Crippen molar-refractivity contribution in [2.24, 2.45) is 0 Å². The van der Waals surface area contributed by atoms with Crippen molar-refractivity contribution in [3.05, 3.63) is 41.7 Å². The molecule has 7 heteroatoms. The number of methoxy groups -OCH3 is 1. The number of amides is 1. The molecule has 1 atom stereocenters. The maximum atomic E-state index is 12.7. The number of anilines is 1. The number of carbonyl (C=O) groups is 1. The molecule has 0 spiro atoms. The Hall–Kier alpha value is -2.41. The van der Waals surface area contributed by atoms with E-state index in [0.717, 1.165) is 36.5 Å². The van der Waals surface area contributed by atoms with Gasteiger partial charge in [0.1, 0.15) is 0 Å². The standard InChI is InChI=1S/C20H25N5O2/c1-27-18-8-9-23(12-18)16-6-4-15(5-7-16)20(26)24-10-17(11-24)25-13-19(21-22-25)14-2-3-14/h4-7,13-14,17-18H,2-3,8-12H2,1H3/t18-/m1/s1. The Kier molecular flexibility index (Phi) is 4.11. The highest BCUT2D eigenvalue weighted by molar-refractivity contribution is 5.95. The van der Waals surface area contributed by atoms with Gasteiger partial charge in [0.15, 0.2) is 0 Å². The van der Waals surface area contributed by atoms with Crippen molar-refractivity contribution in [1.29, 1.82) is 0 Å². The lowest BCUT2D eigenvalue weighted by Gasteiger charge is -2.38. The third kappa shape index (κ3) is 3.20. The molecule has 2 aromatic rings. The fourth-order valence-electron chi connectivity index (χ4n) is 3.98. The molecule has 1 aromatic heterocycles. The van der Waals surface area contributed by atoms with Crippen molar-refractivity contribution >= 4 is 11.6 Å². The lowest BCUT2D eigenvalue weighted by molar-refractivity contribution is 0.0498. The number of benzene rings is 1. The minimum Gasteiger partial charge on any atom is -0.380 e. The van der Waals surface area contributed by atoms with E-state index in [0.29, 0.717) is 25.1 Å². The minimum atomic E-state index is 0.0940. The van der Waals surface area contributed by atoms with Crippen LogP contribution < -0.4 is 4.90 Å². The molecule has 27 heavy (non-hydrogen) atoms. The number of hydrogen-bond acceptors (Lipinski definition) is 5. The number of ether oxygens (including phenoxy) is 1. The second kappa shape index (κ2) is 6.64. The van der Waals surface area contributed by atoms with Gasteiger partial charge < -0.3 is 14.5 Å². The van der Waals surface area contributed by atoms with Crippen LogP contribution in [-0.2, 0) is 4.74 Å². The average molecular weight is 367 g/mol. The summed E-state index contributed by atoms with van der Waals surface area (Å²) < 4.78 is 7.36. The van der Waals surface area contributed by atoms with Gasteiger partial charge in [0, 0.05) is 56.7 Å². The first-order chi connectivity index (χ1) is 13.2. The summed E-state index contributed by atoms with van der Waals surface area (Å²) in [5, 5.41) is 8.51. The molecule has 1 aromatic carbocycles. The second-order valence-corrected chi connectivity index (χ2v) is 7.90. The first-order valence-corrected chi connectivity index (χ1v) is 9.80. The minimum absolute atomic E-state index is 0.0940. The summed E-state index contributed by atoms with van der Waals surface area (Å²) in [5.74, 6) is 0.710. The molecule has 0 N–H and O–H groups in total. The molecule has 1 aliphatic carbocycles. The van der Waals surface area contributed by atoms with E-state index in [1.807, 2.05) is 33.8 Å². The van der Waals surface area contributed by atoms with Crippen molar-refractivity contribution < 1.29 is 9.53 Å². The van der Waals surface area contributed by atoms with Crippen molar-refractivity contribution in [2.75, 3.05) is 38.2 Å². The van der Waals surface area contributed by atoms with Crippen LogP contribution in [0.4, 0.5) is 5.69 Å². The van der Waals surface area contributed by atoms with Crippen LogP contribution in [0.1, 0.15) is 47.3 Å². The van der Waals surface area contributed by atoms with Crippen LogP contribution >= 0.6 is 0 Å². The van der Waals surface area contributed by atoms with Crippen molar-refractivity contribution in [2.45, 2.75) is 37.3 Å². The first kappa shape index (κ1) is 16.7. The largest absolute Gasteiger partial charge is 0.380 e. The molecule has 142 valence electrons. The highest BCUT2D eigenvalue weighted by Crippen LogP contribution is 2.39. The lowest BCUT2D eigenvalue weighted by Crippen LogP contribution is -2.50. The zero-order valence-corrected chi connectivity index (χ0v) is 15.6. The predicted molar refractivity (Wildman–Crippen MR) is 101 cm³/mol. The van der Waals surface area contributed by atoms with Crippen molar-refractivity contribution in [3.8, 4) is 0 Å². The normalized spacial score (nSPS) is 22.9. The summed E-state index contributed by atoms with van der Waals surface area (Å²) in [5.41, 5.74) is 3.01. The fraction of sp³-hybridized carbons (Fsp3) is 0.550. The Bertz CT molecular complexity index is 823. The molecule has 2 aliphatic heterocycles. The summed E-state index contributed by atoms with van der Waals surface area (Å²) in [4.78, 5) is 16.9. The molecule has 7 nitrogen and oxygen atoms in total. The smallest absolute Gasteiger partial charge is 0.254 e. The molecule has 0 radical (unpaired) electrons. The van der Waals surface area contributed by atoms with Gasteiger partial charge in [-0.05, 0) is 43.5 Å². The third-order valence-electron chi connectivity index (χ3n) is 6.00. The fourth-order valence-corrected chi connectivity index (χ4v) is 3.98. The molecule has 0 unspecified atom stereocenters. The Balaban J connectivity index is 1.18. The van der Waals surface area contributed by atoms with E-state index in [-0.39, 0.29) is 11.9 Å². The zero-order valence-electron chi connectivity index (χ0n) is 15.6. The van der Waals surface area contributed by atoms with E-state index in [4.69, 9.17) is 4.74 Å². The summed E-state index contributed by atoms with van der Waals surface area (Å²) in [6, 6.07) is 8.21. The van der Waals surface area contributed by atoms with Crippen molar-refractivity contribution in [3.63, 3.8) is 0 Å². The van der Waals surface area contributed by atoms with Gasteiger partial charge in [-0.25, -0.2) is 4.68 Å². The van der Waals surface area contributed by atoms with E-state index in [1.165, 1.54) is 12.8 Å². The highest BCUT2D eigenvalue weighted by Gasteiger charge is 2.35. The summed E-state index contributed by atoms with van der Waals surface area (Å²) in [6.07, 6.45) is 5.88. The van der Waals surface area contributed by atoms with E-state index in [2.05, 4.69) is 21.4 Å². The van der Waals surface area contributed by atoms with Crippen molar-refractivity contribution in [1.82, 2.24) is 19.9 Å². The molecule has 3 aliphatic rings. The highest BCUT2D eigenvalue weighted by atomic mass is 16.5. The average Bonchev–Trinajstić information content (AvgIpc) is 3.20. The first-order valence-electron chi connectivity index (χ1n) is 9.80. The topological polar surface area (TPSA) is 63.5 Å². The molecule has 0 bridgehead atoms. The second-order valence-electron chi connectivity index (χ2n) is 7.90. The van der Waals surface area contributed by atoms with Gasteiger partial charge in [-0.15, -0.1) is 5.10 Å². The quantitative estimate of drug-likeness (QED) is 0.810. The molecular weight excluding hydrogens is 342 g/mol. The lowest BCUT2D eigenvalue weighted by atomic mass is 10.1. The van der Waals surface area contributed by atoms with Gasteiger partial charge in [0.2, 0.25) is 0 Å². The zero-order chi connectivity index (χ0) is 18.4. The van der Waals surface area contributed by atoms with Crippen LogP contribution in [0.2, 0.25) is 0 Å². The molecule has 2 saturated heterocycles. The Morgan fingerprint density at radius 3 is 2.56 bits per heavy atom. The van der Waals surface area contributed by atoms with Gasteiger partial charge in [-0.3, -0.25) is 4.79 Å². The number of aromatic nitrogens is 3. The van der Waals surface area contributed by atoms with Crippen LogP contribution in [0.5, 0.6) is 0 Å². The van der Waals surface area contributed by atoms with Gasteiger partial charge in [-0.2, -0.15) is 0 Å². The summed E-state index contributed by atoms with van der Waals surface area (Å²) in [6.45, 7) is 3.32. The molecule has 3 fully saturated rings. The van der Waals surface area contributed by atoms with Gasteiger partial charge in [-0.1, -0.05) is 5.21 Å². The van der Waals surface area contributed by atoms with Crippen LogP contribution in [0.25, 0.3) is 0 Å². The number of likely N-dealkylation sites (tertiary alicyclic amines) is 1. The molecule has 1 saturated carbocycles. The van der Waals surface area contributed by atoms with Crippen LogP contribution in [0.15, 0.2) is 30.5 Å². The van der Waals surface area contributed by atoms with Crippen LogP contribution in [0, 0.1) is 0 Å². The Morgan fingerprint density at radius 2 is 1.89 bits per heavy atom. The number of hydrogen-bond donors (Lipinski definition) is 0. The number of nitrogens with zero attached hydrogens (tertiary/aromatic N) is 5. The molecule has 5 rings (SSSR count). The Morgan fingerprint density at radius 1 is 1.11 bits per heavy atom. The Labute approximate surface area is 158 Å². The van der Waals surface area contributed by atoms with Crippen LogP contribution in [0.3, 0.4) is 0 Å². The predicted octanol–water partition coefficient (Wildman–Crippen LogP) is 2.08. The van der Waals surface area contributed by atoms with E-state index < -0.39 is 0 Å². The summed E-state index contributed by atoms with van der Waals surface area (Å²) >= 11 is 0. The molecule has 1 amide bonds. The SMILES string of the molecule is CO[C@@H]1CCN(c2ccc(C(=O)N3CC(n4cc(C5CC5)nn4)C3)cc2)C1. The van der Waals surface area contributed by atoms with E-state index in [1.54, 1.807) is 7.11 Å². The number of carbonyl (C=O) groups excluding carboxylic acids is 1. The van der Waals surface area contributed by atoms with Crippen LogP contribution in [-0.4, -0.2) is 65.2 Å². The van der Waals surface area contributed by atoms with Gasteiger partial charge >= 0.3 is 0 Å². The summed E-state index contributed by atoms with van der Waals surface area (Å²) in [7, 11) is 1.77. The maximum Gasteiger partial charge on any atom is 0.254 e. The molecular formula is C20H25N5O2.